The molecule has 10 rings (SSSR count). The second-order valence-corrected chi connectivity index (χ2v) is 18.4. The van der Waals surface area contributed by atoms with Crippen LogP contribution in [0.25, 0.3) is 20.4 Å². The molecule has 0 saturated carbocycles. The summed E-state index contributed by atoms with van der Waals surface area (Å²) in [6, 6.07) is 8.10. The van der Waals surface area contributed by atoms with Crippen LogP contribution in [0.4, 0.5) is 23.0 Å². The number of aryl methyl sites for hydroxylation is 2. The van der Waals surface area contributed by atoms with Gasteiger partial charge in [-0.15, -0.1) is 22.7 Å². The summed E-state index contributed by atoms with van der Waals surface area (Å²) in [5.74, 6) is 2.23. The highest BCUT2D eigenvalue weighted by Crippen LogP contribution is 2.47. The Morgan fingerprint density at radius 1 is 0.721 bits per heavy atom. The fourth-order valence-corrected chi connectivity index (χ4v) is 11.4. The lowest BCUT2D eigenvalue weighted by molar-refractivity contribution is -0.180. The maximum absolute atomic E-state index is 12.9. The van der Waals surface area contributed by atoms with Crippen LogP contribution in [-0.2, 0) is 53.2 Å². The van der Waals surface area contributed by atoms with Gasteiger partial charge in [-0.2, -0.15) is 0 Å². The zero-order valence-corrected chi connectivity index (χ0v) is 36.3. The average Bonchev–Trinajstić information content (AvgIpc) is 4.07. The molecule has 1 amide bonds. The van der Waals surface area contributed by atoms with E-state index in [0.717, 1.165) is 100 Å². The average molecular weight is 860 g/mol. The number of methoxy groups -OCH3 is 2. The number of carboxylic acids is 1. The minimum atomic E-state index is -0.741. The van der Waals surface area contributed by atoms with Crippen LogP contribution in [0.3, 0.4) is 0 Å². The van der Waals surface area contributed by atoms with E-state index in [1.807, 2.05) is 50.5 Å². The van der Waals surface area contributed by atoms with Gasteiger partial charge in [-0.1, -0.05) is 6.92 Å². The van der Waals surface area contributed by atoms with Crippen LogP contribution in [0.1, 0.15) is 69.8 Å². The second kappa shape index (κ2) is 15.8. The Hall–Kier alpha value is -6.04. The van der Waals surface area contributed by atoms with E-state index in [4.69, 9.17) is 14.3 Å². The fourth-order valence-electron chi connectivity index (χ4n) is 8.66. The van der Waals surface area contributed by atoms with E-state index >= 15 is 0 Å². The molecule has 6 heterocycles. The van der Waals surface area contributed by atoms with Gasteiger partial charge >= 0.3 is 5.97 Å². The van der Waals surface area contributed by atoms with Gasteiger partial charge in [0, 0.05) is 29.2 Å². The summed E-state index contributed by atoms with van der Waals surface area (Å²) in [5.41, 5.74) is 7.28. The van der Waals surface area contributed by atoms with Crippen LogP contribution in [0.2, 0.25) is 0 Å². The molecule has 314 valence electrons. The molecule has 2 aromatic carbocycles. The molecule has 3 N–H and O–H groups in total. The zero-order chi connectivity index (χ0) is 42.6. The van der Waals surface area contributed by atoms with Gasteiger partial charge in [0.25, 0.3) is 5.91 Å². The largest absolute Gasteiger partial charge is 0.495 e. The van der Waals surface area contributed by atoms with Crippen LogP contribution in [0.15, 0.2) is 46.9 Å². The summed E-state index contributed by atoms with van der Waals surface area (Å²) >= 11 is 3.21. The van der Waals surface area contributed by atoms with Gasteiger partial charge in [-0.25, -0.2) is 25.0 Å². The van der Waals surface area contributed by atoms with Crippen molar-refractivity contribution in [2.24, 2.45) is 20.8 Å². The van der Waals surface area contributed by atoms with Gasteiger partial charge < -0.3 is 25.2 Å². The quantitative estimate of drug-likeness (QED) is 0.120. The first-order chi connectivity index (χ1) is 29.4. The highest BCUT2D eigenvalue weighted by atomic mass is 32.1. The maximum atomic E-state index is 12.9. The van der Waals surface area contributed by atoms with Crippen LogP contribution in [0.5, 0.6) is 11.5 Å². The number of carboxylic acid groups (broad SMARTS) is 1. The van der Waals surface area contributed by atoms with Gasteiger partial charge in [0.05, 0.1) is 67.4 Å². The monoisotopic (exact) mass is 859 g/mol. The molecule has 2 atom stereocenters. The number of hydrogen-bond donors (Lipinski definition) is 3. The molecule has 17 heteroatoms. The molecule has 61 heavy (non-hydrogen) atoms. The van der Waals surface area contributed by atoms with Crippen molar-refractivity contribution in [2.75, 3.05) is 39.0 Å². The number of nitrogens with zero attached hydrogens (tertiary/aromatic N) is 7. The molecule has 0 fully saturated rings. The highest BCUT2D eigenvalue weighted by Gasteiger charge is 2.41. The number of nitrogens with one attached hydrogen (secondary N) is 2. The van der Waals surface area contributed by atoms with Gasteiger partial charge in [0.1, 0.15) is 45.5 Å². The third-order valence-corrected chi connectivity index (χ3v) is 14.6. The molecule has 0 saturated heterocycles. The summed E-state index contributed by atoms with van der Waals surface area (Å²) in [6.45, 7) is 5.19. The van der Waals surface area contributed by atoms with Crippen molar-refractivity contribution in [1.82, 2.24) is 25.0 Å². The summed E-state index contributed by atoms with van der Waals surface area (Å²) < 4.78 is 11.2. The minimum absolute atomic E-state index is 0.00270. The molecule has 0 spiro atoms. The topological polar surface area (TPSA) is 186 Å². The number of hydrogen-bond acceptors (Lipinski definition) is 15. The van der Waals surface area contributed by atoms with Gasteiger partial charge in [0.15, 0.2) is 0 Å². The normalized spacial score (nSPS) is 19.4. The molecular formula is C44H45N9O6S2. The minimum Gasteiger partial charge on any atom is -0.495 e. The predicted octanol–water partition coefficient (Wildman–Crippen LogP) is 7.85. The molecule has 0 unspecified atom stereocenters. The summed E-state index contributed by atoms with van der Waals surface area (Å²) in [6.07, 6.45) is 10.9. The lowest BCUT2D eigenvalue weighted by atomic mass is 9.74. The number of fused-ring (bicyclic) bond motifs is 8. The molecular weight excluding hydrogens is 815 g/mol. The SMILES string of the molecule is COc1cc2c(cc1Nc1ncnc3sc4c(c13)CC[C@@](C)(C(=O)N(C)OC)C4)C=NC2.COc1cc2c(cc1Nc1ncnc3sc4c(c13)CC[C@@](C)(C(=O)O)C4)C=NC2. The molecule has 2 aliphatic heterocycles. The number of benzene rings is 2. The second-order valence-electron chi connectivity index (χ2n) is 16.3. The molecule has 6 aromatic rings. The number of rotatable bonds is 9. The Kier molecular flexibility index (Phi) is 10.4. The van der Waals surface area contributed by atoms with Crippen LogP contribution >= 0.6 is 22.7 Å². The number of carbonyl (C=O) groups is 2. The summed E-state index contributed by atoms with van der Waals surface area (Å²) in [5, 5.41) is 19.9. The van der Waals surface area contributed by atoms with E-state index in [2.05, 4.69) is 40.6 Å². The molecule has 0 radical (unpaired) electrons. The summed E-state index contributed by atoms with van der Waals surface area (Å²) in [7, 11) is 6.49. The number of aliphatic imine (C=N–C) groups is 2. The Labute approximate surface area is 359 Å². The van der Waals surface area contributed by atoms with Crippen LogP contribution < -0.4 is 20.1 Å². The van der Waals surface area contributed by atoms with Crippen molar-refractivity contribution in [3.63, 3.8) is 0 Å². The van der Waals surface area contributed by atoms with Crippen molar-refractivity contribution in [3.05, 3.63) is 80.1 Å². The smallest absolute Gasteiger partial charge is 0.309 e. The van der Waals surface area contributed by atoms with Crippen molar-refractivity contribution >= 4 is 90.4 Å². The lowest BCUT2D eigenvalue weighted by Gasteiger charge is -2.34. The maximum Gasteiger partial charge on any atom is 0.309 e. The third kappa shape index (κ3) is 7.23. The first-order valence-corrected chi connectivity index (χ1v) is 21.6. The van der Waals surface area contributed by atoms with Gasteiger partial charge in [-0.05, 0) is 103 Å². The van der Waals surface area contributed by atoms with Crippen molar-refractivity contribution in [1.29, 1.82) is 0 Å². The third-order valence-electron chi connectivity index (χ3n) is 12.3. The molecule has 0 bridgehead atoms. The number of aromatic nitrogens is 4. The van der Waals surface area contributed by atoms with E-state index < -0.39 is 16.8 Å². The van der Waals surface area contributed by atoms with Crippen LogP contribution in [0, 0.1) is 10.8 Å². The van der Waals surface area contributed by atoms with E-state index in [1.165, 1.54) is 22.6 Å². The Morgan fingerprint density at radius 3 is 1.66 bits per heavy atom. The zero-order valence-electron chi connectivity index (χ0n) is 34.7. The number of ether oxygens (including phenoxy) is 2. The highest BCUT2D eigenvalue weighted by molar-refractivity contribution is 7.19. The van der Waals surface area contributed by atoms with Crippen LogP contribution in [-0.4, -0.2) is 82.8 Å². The Balaban J connectivity index is 0.000000157. The Bertz CT molecular complexity index is 2820. The number of amides is 1. The molecule has 4 aromatic heterocycles. The van der Waals surface area contributed by atoms with Gasteiger partial charge in [0.2, 0.25) is 0 Å². The fraction of sp³-hybridized carbons (Fsp3) is 0.364. The first kappa shape index (κ1) is 40.4. The van der Waals surface area contributed by atoms with E-state index in [-0.39, 0.29) is 5.91 Å². The van der Waals surface area contributed by atoms with Gasteiger partial charge in [-0.3, -0.25) is 24.4 Å². The van der Waals surface area contributed by atoms with Crippen molar-refractivity contribution < 1.29 is 29.0 Å². The number of thiophene rings is 2. The van der Waals surface area contributed by atoms with E-state index in [0.29, 0.717) is 38.8 Å². The Morgan fingerprint density at radius 2 is 1.20 bits per heavy atom. The first-order valence-electron chi connectivity index (χ1n) is 19.9. The predicted molar refractivity (Wildman–Crippen MR) is 238 cm³/mol. The number of aliphatic carboxylic acids is 1. The number of anilines is 4. The standard InChI is InChI=1S/C23H25N5O3S.C21H20N4O3S/c1-23(22(29)28(2)31-4)6-5-15-18(9-23)32-21-19(15)20(25-12-26-21)27-16-7-13-10-24-11-14(13)8-17(16)30-3;1-21(20(26)27)4-3-13-16(7-21)29-19-17(13)18(23-10-24-19)25-14-5-11-8-22-9-12(11)6-15(14)28-2/h7-8,10,12H,5-6,9,11H2,1-4H3,(H,25,26,27);5-6,8,10H,3-4,7,9H2,1-2H3,(H,26,27)(H,23,24,25)/t23-;21-/m11/s1. The molecule has 2 aliphatic carbocycles. The lowest BCUT2D eigenvalue weighted by Crippen LogP contribution is -2.42. The number of carbonyl (C=O) groups excluding carboxylic acids is 1. The molecule has 4 aliphatic rings. The van der Waals surface area contributed by atoms with E-state index in [1.54, 1.807) is 56.6 Å². The molecule has 15 nitrogen and oxygen atoms in total. The van der Waals surface area contributed by atoms with Crippen molar-refractivity contribution in [3.8, 4) is 11.5 Å². The summed E-state index contributed by atoms with van der Waals surface area (Å²) in [4.78, 5) is 60.5. The van der Waals surface area contributed by atoms with Crippen molar-refractivity contribution in [2.45, 2.75) is 65.5 Å². The van der Waals surface area contributed by atoms with E-state index in [9.17, 15) is 14.7 Å². The number of hydroxylamine groups is 2.